The summed E-state index contributed by atoms with van der Waals surface area (Å²) in [6, 6.07) is 5.73. The van der Waals surface area contributed by atoms with Crippen LogP contribution >= 0.6 is 11.6 Å². The van der Waals surface area contributed by atoms with Crippen LogP contribution in [0.2, 0.25) is 5.02 Å². The summed E-state index contributed by atoms with van der Waals surface area (Å²) < 4.78 is 0. The molecule has 7 heteroatoms. The van der Waals surface area contributed by atoms with Crippen LogP contribution in [0.25, 0.3) is 0 Å². The summed E-state index contributed by atoms with van der Waals surface area (Å²) in [4.78, 5) is 7.18. The first-order chi connectivity index (χ1) is 12.3. The van der Waals surface area contributed by atoms with Crippen LogP contribution in [-0.2, 0) is 0 Å². The molecule has 0 atom stereocenters. The first-order valence-electron chi connectivity index (χ1n) is 8.68. The zero-order valence-corrected chi connectivity index (χ0v) is 17.5. The van der Waals surface area contributed by atoms with Crippen LogP contribution in [0.3, 0.4) is 0 Å². The summed E-state index contributed by atoms with van der Waals surface area (Å²) in [6.07, 6.45) is 5.40. The average Bonchev–Trinajstić information content (AvgIpc) is 2.59. The van der Waals surface area contributed by atoms with E-state index in [1.807, 2.05) is 32.2 Å². The molecule has 0 amide bonds. The zero-order chi connectivity index (χ0) is 19.9. The molecule has 1 fully saturated rings. The number of hydrazine groups is 1. The standard InChI is InChI=1S/C9H21N3.C8H11ClN2.C2H2O/c1-10(2)4-7-12-8-5-11(3)6-9-12;1-6-3-4-7(9)5-8(6)11-10-2;1-2-3/h4-9H2,1-3H3;3-5,10-11H,1-2H3;1,3H. The first kappa shape index (κ1) is 24.5. The molecule has 0 saturated carbocycles. The molecule has 1 aromatic carbocycles. The SMILES string of the molecule is C#CO.CN(C)CCN1CCN(C)CC1.CNNc1cc(Cl)ccc1C. The van der Waals surface area contributed by atoms with Crippen LogP contribution in [0.1, 0.15) is 5.56 Å². The number of aliphatic hydroxyl groups is 1. The fraction of sp³-hybridized carbons (Fsp3) is 0.579. The number of anilines is 1. The third kappa shape index (κ3) is 12.0. The maximum absolute atomic E-state index is 7.10. The second-order valence-corrected chi connectivity index (χ2v) is 6.85. The lowest BCUT2D eigenvalue weighted by atomic mass is 10.2. The highest BCUT2D eigenvalue weighted by molar-refractivity contribution is 6.30. The monoisotopic (exact) mass is 383 g/mol. The van der Waals surface area contributed by atoms with Crippen molar-refractivity contribution >= 4 is 17.3 Å². The van der Waals surface area contributed by atoms with Crippen LogP contribution in [-0.4, -0.2) is 87.3 Å². The van der Waals surface area contributed by atoms with Crippen LogP contribution in [0.5, 0.6) is 0 Å². The van der Waals surface area contributed by atoms with Crippen molar-refractivity contribution in [3.05, 3.63) is 28.8 Å². The molecule has 0 radical (unpaired) electrons. The van der Waals surface area contributed by atoms with Crippen molar-refractivity contribution in [3.63, 3.8) is 0 Å². The lowest BCUT2D eigenvalue weighted by Crippen LogP contribution is -2.46. The number of benzene rings is 1. The number of piperazine rings is 1. The molecule has 0 unspecified atom stereocenters. The highest BCUT2D eigenvalue weighted by atomic mass is 35.5. The summed E-state index contributed by atoms with van der Waals surface area (Å²) in [6.45, 7) is 9.37. The van der Waals surface area contributed by atoms with Crippen LogP contribution in [0.4, 0.5) is 5.69 Å². The first-order valence-corrected chi connectivity index (χ1v) is 9.06. The van der Waals surface area contributed by atoms with Gasteiger partial charge in [0.15, 0.2) is 0 Å². The molecule has 6 nitrogen and oxygen atoms in total. The summed E-state index contributed by atoms with van der Waals surface area (Å²) in [5.41, 5.74) is 8.01. The highest BCUT2D eigenvalue weighted by Gasteiger charge is 2.12. The van der Waals surface area contributed by atoms with Gasteiger partial charge in [0.1, 0.15) is 6.11 Å². The number of rotatable bonds is 5. The molecule has 148 valence electrons. The maximum atomic E-state index is 7.10. The molecule has 0 aromatic heterocycles. The minimum atomic E-state index is 0.744. The van der Waals surface area contributed by atoms with Crippen LogP contribution < -0.4 is 10.9 Å². The lowest BCUT2D eigenvalue weighted by molar-refractivity contribution is 0.145. The Morgan fingerprint density at radius 3 is 2.35 bits per heavy atom. The topological polar surface area (TPSA) is 54.0 Å². The number of hydrogen-bond acceptors (Lipinski definition) is 6. The van der Waals surface area contributed by atoms with E-state index in [1.165, 1.54) is 50.9 Å². The third-order valence-corrected chi connectivity index (χ3v) is 4.15. The highest BCUT2D eigenvalue weighted by Crippen LogP contribution is 2.18. The van der Waals surface area contributed by atoms with Gasteiger partial charge in [-0.2, -0.15) is 0 Å². The van der Waals surface area contributed by atoms with E-state index >= 15 is 0 Å². The second-order valence-electron chi connectivity index (χ2n) is 6.41. The molecule has 2 rings (SSSR count). The summed E-state index contributed by atoms with van der Waals surface area (Å²) >= 11 is 5.78. The summed E-state index contributed by atoms with van der Waals surface area (Å²) in [5.74, 6) is 0. The van der Waals surface area contributed by atoms with Gasteiger partial charge >= 0.3 is 0 Å². The average molecular weight is 384 g/mol. The molecular weight excluding hydrogens is 350 g/mol. The Morgan fingerprint density at radius 2 is 1.85 bits per heavy atom. The summed E-state index contributed by atoms with van der Waals surface area (Å²) in [7, 11) is 8.29. The molecule has 1 aromatic rings. The number of halogens is 1. The third-order valence-electron chi connectivity index (χ3n) is 3.92. The quantitative estimate of drug-likeness (QED) is 0.533. The number of terminal acetylenes is 1. The van der Waals surface area contributed by atoms with Crippen molar-refractivity contribution in [1.82, 2.24) is 20.1 Å². The molecule has 0 bridgehead atoms. The van der Waals surface area contributed by atoms with E-state index in [1.54, 1.807) is 0 Å². The van der Waals surface area contributed by atoms with E-state index in [-0.39, 0.29) is 0 Å². The fourth-order valence-electron chi connectivity index (χ4n) is 2.28. The normalized spacial score (nSPS) is 14.5. The Bertz CT molecular complexity index is 525. The zero-order valence-electron chi connectivity index (χ0n) is 16.7. The maximum Gasteiger partial charge on any atom is 0.103 e. The largest absolute Gasteiger partial charge is 0.462 e. The van der Waals surface area contributed by atoms with Gasteiger partial charge in [-0.15, -0.1) is 0 Å². The van der Waals surface area contributed by atoms with Gasteiger partial charge in [0.25, 0.3) is 0 Å². The van der Waals surface area contributed by atoms with Gasteiger partial charge in [0.05, 0.1) is 5.69 Å². The molecule has 0 spiro atoms. The van der Waals surface area contributed by atoms with E-state index in [0.717, 1.165) is 10.7 Å². The van der Waals surface area contributed by atoms with E-state index < -0.39 is 0 Å². The Kier molecular flexibility index (Phi) is 13.8. The van der Waals surface area contributed by atoms with Crippen LogP contribution in [0.15, 0.2) is 18.2 Å². The predicted octanol–water partition coefficient (Wildman–Crippen LogP) is 1.94. The van der Waals surface area contributed by atoms with E-state index in [2.05, 4.69) is 53.1 Å². The number of hydrogen-bond donors (Lipinski definition) is 3. The molecule has 3 N–H and O–H groups in total. The van der Waals surface area contributed by atoms with Crippen molar-refractivity contribution in [2.75, 3.05) is 72.9 Å². The number of nitrogens with zero attached hydrogens (tertiary/aromatic N) is 3. The van der Waals surface area contributed by atoms with Crippen molar-refractivity contribution < 1.29 is 5.11 Å². The van der Waals surface area contributed by atoms with Gasteiger partial charge in [-0.05, 0) is 45.8 Å². The van der Waals surface area contributed by atoms with Crippen molar-refractivity contribution in [1.29, 1.82) is 0 Å². The molecule has 1 aliphatic heterocycles. The van der Waals surface area contributed by atoms with Crippen molar-refractivity contribution in [2.45, 2.75) is 6.92 Å². The predicted molar refractivity (Wildman–Crippen MR) is 112 cm³/mol. The fourth-order valence-corrected chi connectivity index (χ4v) is 2.45. The van der Waals surface area contributed by atoms with E-state index in [4.69, 9.17) is 16.7 Å². The smallest absolute Gasteiger partial charge is 0.103 e. The number of aryl methyl sites for hydroxylation is 1. The van der Waals surface area contributed by atoms with Gasteiger partial charge in [-0.1, -0.05) is 24.1 Å². The van der Waals surface area contributed by atoms with E-state index in [0.29, 0.717) is 0 Å². The Balaban J connectivity index is 0.000000419. The molecular formula is C19H34ClN5O. The molecule has 26 heavy (non-hydrogen) atoms. The molecule has 1 saturated heterocycles. The molecule has 1 heterocycles. The van der Waals surface area contributed by atoms with Gasteiger partial charge in [-0.3, -0.25) is 4.90 Å². The number of likely N-dealkylation sites (N-methyl/N-ethyl adjacent to an activating group) is 2. The Morgan fingerprint density at radius 1 is 1.27 bits per heavy atom. The number of nitrogens with one attached hydrogen (secondary N) is 2. The van der Waals surface area contributed by atoms with Gasteiger partial charge in [0.2, 0.25) is 0 Å². The second kappa shape index (κ2) is 14.7. The Hall–Kier alpha value is -1.49. The van der Waals surface area contributed by atoms with Crippen LogP contribution in [0, 0.1) is 19.5 Å². The Labute approximate surface area is 164 Å². The summed E-state index contributed by atoms with van der Waals surface area (Å²) in [5, 5.41) is 7.84. The minimum Gasteiger partial charge on any atom is -0.462 e. The van der Waals surface area contributed by atoms with Gasteiger partial charge in [-0.25, -0.2) is 5.43 Å². The molecule has 1 aliphatic rings. The molecule has 0 aliphatic carbocycles. The minimum absolute atomic E-state index is 0.744. The van der Waals surface area contributed by atoms with E-state index in [9.17, 15) is 0 Å². The van der Waals surface area contributed by atoms with Gasteiger partial charge < -0.3 is 20.3 Å². The number of aliphatic hydroxyl groups excluding tert-OH is 1. The van der Waals surface area contributed by atoms with Gasteiger partial charge in [0, 0.05) is 51.3 Å². The van der Waals surface area contributed by atoms with Crippen molar-refractivity contribution in [2.24, 2.45) is 0 Å². The van der Waals surface area contributed by atoms with Crippen molar-refractivity contribution in [3.8, 4) is 12.5 Å². The lowest BCUT2D eigenvalue weighted by Gasteiger charge is -2.32.